The van der Waals surface area contributed by atoms with Crippen LogP contribution in [-0.4, -0.2) is 40.0 Å². The molecule has 0 bridgehead atoms. The number of benzene rings is 1. The molecule has 1 N–H and O–H groups in total. The van der Waals surface area contributed by atoms with E-state index in [9.17, 15) is 9.59 Å². The SMILES string of the molecule is O=C(O)Cc1csc(S[C@H](C(=O)N2CCCCC2)c2ccccc2)n1. The molecule has 1 aromatic carbocycles. The number of aliphatic carboxylic acids is 1. The molecule has 5 nitrogen and oxygen atoms in total. The van der Waals surface area contributed by atoms with Crippen molar-refractivity contribution in [2.75, 3.05) is 13.1 Å². The number of hydrogen-bond acceptors (Lipinski definition) is 5. The summed E-state index contributed by atoms with van der Waals surface area (Å²) in [6.45, 7) is 1.62. The summed E-state index contributed by atoms with van der Waals surface area (Å²) in [6, 6.07) is 9.73. The molecule has 132 valence electrons. The van der Waals surface area contributed by atoms with Crippen LogP contribution in [0.3, 0.4) is 0 Å². The van der Waals surface area contributed by atoms with Crippen LogP contribution in [0, 0.1) is 0 Å². The van der Waals surface area contributed by atoms with Crippen molar-refractivity contribution in [3.63, 3.8) is 0 Å². The van der Waals surface area contributed by atoms with E-state index < -0.39 is 5.97 Å². The fourth-order valence-corrected chi connectivity index (χ4v) is 4.96. The van der Waals surface area contributed by atoms with E-state index in [4.69, 9.17) is 5.11 Å². The van der Waals surface area contributed by atoms with Crippen LogP contribution in [0.15, 0.2) is 40.1 Å². The van der Waals surface area contributed by atoms with E-state index in [1.165, 1.54) is 29.5 Å². The molecule has 0 saturated carbocycles. The van der Waals surface area contributed by atoms with E-state index in [-0.39, 0.29) is 17.6 Å². The van der Waals surface area contributed by atoms with Crippen LogP contribution in [-0.2, 0) is 16.0 Å². The van der Waals surface area contributed by atoms with Gasteiger partial charge in [-0.15, -0.1) is 11.3 Å². The van der Waals surface area contributed by atoms with Gasteiger partial charge in [0, 0.05) is 18.5 Å². The Morgan fingerprint density at radius 3 is 2.60 bits per heavy atom. The van der Waals surface area contributed by atoms with Crippen LogP contribution in [0.1, 0.15) is 35.8 Å². The first-order chi connectivity index (χ1) is 12.1. The summed E-state index contributed by atoms with van der Waals surface area (Å²) >= 11 is 2.81. The lowest BCUT2D eigenvalue weighted by molar-refractivity contribution is -0.136. The molecule has 1 amide bonds. The lowest BCUT2D eigenvalue weighted by Crippen LogP contribution is -2.38. The molecule has 0 unspecified atom stereocenters. The second-order valence-electron chi connectivity index (χ2n) is 5.97. The van der Waals surface area contributed by atoms with Crippen LogP contribution >= 0.6 is 23.1 Å². The van der Waals surface area contributed by atoms with Gasteiger partial charge >= 0.3 is 5.97 Å². The number of piperidine rings is 1. The Bertz CT molecular complexity index is 727. The van der Waals surface area contributed by atoms with Crippen molar-refractivity contribution in [1.82, 2.24) is 9.88 Å². The van der Waals surface area contributed by atoms with Crippen molar-refractivity contribution >= 4 is 35.0 Å². The molecule has 2 aromatic rings. The molecule has 25 heavy (non-hydrogen) atoms. The lowest BCUT2D eigenvalue weighted by atomic mass is 10.1. The quantitative estimate of drug-likeness (QED) is 0.780. The summed E-state index contributed by atoms with van der Waals surface area (Å²) in [5, 5.41) is 10.3. The number of thioether (sulfide) groups is 1. The van der Waals surface area contributed by atoms with Crippen molar-refractivity contribution in [2.24, 2.45) is 0 Å². The first kappa shape index (κ1) is 17.9. The molecule has 3 rings (SSSR count). The van der Waals surface area contributed by atoms with Gasteiger partial charge in [0.25, 0.3) is 0 Å². The molecule has 0 spiro atoms. The Morgan fingerprint density at radius 2 is 1.92 bits per heavy atom. The number of carbonyl (C=O) groups is 2. The monoisotopic (exact) mass is 376 g/mol. The summed E-state index contributed by atoms with van der Waals surface area (Å²) in [5.41, 5.74) is 1.50. The zero-order chi connectivity index (χ0) is 17.6. The van der Waals surface area contributed by atoms with Crippen LogP contribution in [0.5, 0.6) is 0 Å². The minimum Gasteiger partial charge on any atom is -0.481 e. The number of carboxylic acids is 1. The maximum atomic E-state index is 13.1. The highest BCUT2D eigenvalue weighted by Crippen LogP contribution is 2.38. The maximum Gasteiger partial charge on any atom is 0.309 e. The average Bonchev–Trinajstić information content (AvgIpc) is 3.07. The molecule has 0 radical (unpaired) electrons. The lowest BCUT2D eigenvalue weighted by Gasteiger charge is -2.30. The molecule has 1 aliphatic heterocycles. The van der Waals surface area contributed by atoms with E-state index in [2.05, 4.69) is 4.98 Å². The van der Waals surface area contributed by atoms with Crippen molar-refractivity contribution in [3.8, 4) is 0 Å². The molecule has 2 heterocycles. The number of aromatic nitrogens is 1. The van der Waals surface area contributed by atoms with Gasteiger partial charge in [-0.25, -0.2) is 4.98 Å². The standard InChI is InChI=1S/C18H20N2O3S2/c21-15(22)11-14-12-24-18(19-14)25-16(13-7-3-1-4-8-13)17(23)20-9-5-2-6-10-20/h1,3-4,7-8,12,16H,2,5-6,9-11H2,(H,21,22)/t16-/m0/s1. The third-order valence-electron chi connectivity index (χ3n) is 4.08. The number of nitrogens with zero attached hydrogens (tertiary/aromatic N) is 2. The zero-order valence-corrected chi connectivity index (χ0v) is 15.4. The number of rotatable bonds is 6. The van der Waals surface area contributed by atoms with Gasteiger partial charge in [-0.1, -0.05) is 42.1 Å². The molecular weight excluding hydrogens is 356 g/mol. The van der Waals surface area contributed by atoms with Crippen LogP contribution in [0.25, 0.3) is 0 Å². The van der Waals surface area contributed by atoms with Gasteiger partial charge in [-0.3, -0.25) is 9.59 Å². The number of carboxylic acid groups (broad SMARTS) is 1. The number of amides is 1. The van der Waals surface area contributed by atoms with Gasteiger partial charge in [-0.2, -0.15) is 0 Å². The Kier molecular flexibility index (Phi) is 6.09. The number of likely N-dealkylation sites (tertiary alicyclic amines) is 1. The van der Waals surface area contributed by atoms with Crippen molar-refractivity contribution in [1.29, 1.82) is 0 Å². The highest BCUT2D eigenvalue weighted by molar-refractivity contribution is 8.01. The Hall–Kier alpha value is -1.86. The third-order valence-corrected chi connectivity index (χ3v) is 6.34. The fourth-order valence-electron chi connectivity index (χ4n) is 2.85. The predicted octanol–water partition coefficient (Wildman–Crippen LogP) is 3.62. The summed E-state index contributed by atoms with van der Waals surface area (Å²) in [4.78, 5) is 30.2. The minimum absolute atomic E-state index is 0.0901. The molecule has 1 saturated heterocycles. The Morgan fingerprint density at radius 1 is 1.20 bits per heavy atom. The topological polar surface area (TPSA) is 70.5 Å². The average molecular weight is 377 g/mol. The van der Waals surface area contributed by atoms with Gasteiger partial charge in [0.2, 0.25) is 5.91 Å². The summed E-state index contributed by atoms with van der Waals surface area (Å²) in [7, 11) is 0. The van der Waals surface area contributed by atoms with Crippen LogP contribution < -0.4 is 0 Å². The zero-order valence-electron chi connectivity index (χ0n) is 13.8. The Balaban J connectivity index is 1.80. The number of carbonyl (C=O) groups excluding carboxylic acids is 1. The predicted molar refractivity (Wildman–Crippen MR) is 98.9 cm³/mol. The first-order valence-electron chi connectivity index (χ1n) is 8.30. The van der Waals surface area contributed by atoms with Crippen molar-refractivity contribution in [3.05, 3.63) is 47.0 Å². The minimum atomic E-state index is -0.897. The van der Waals surface area contributed by atoms with E-state index in [0.717, 1.165) is 35.8 Å². The van der Waals surface area contributed by atoms with E-state index in [1.807, 2.05) is 35.2 Å². The van der Waals surface area contributed by atoms with Gasteiger partial charge < -0.3 is 10.0 Å². The number of hydrogen-bond donors (Lipinski definition) is 1. The highest BCUT2D eigenvalue weighted by Gasteiger charge is 2.28. The van der Waals surface area contributed by atoms with Crippen LogP contribution in [0.4, 0.5) is 0 Å². The summed E-state index contributed by atoms with van der Waals surface area (Å²) in [5.74, 6) is -0.781. The summed E-state index contributed by atoms with van der Waals surface area (Å²) in [6.07, 6.45) is 3.20. The maximum absolute atomic E-state index is 13.1. The molecule has 1 aliphatic rings. The van der Waals surface area contributed by atoms with Crippen LogP contribution in [0.2, 0.25) is 0 Å². The van der Waals surface area contributed by atoms with Gasteiger partial charge in [-0.05, 0) is 24.8 Å². The third kappa shape index (κ3) is 4.83. The highest BCUT2D eigenvalue weighted by atomic mass is 32.2. The fraction of sp³-hybridized carbons (Fsp3) is 0.389. The van der Waals surface area contributed by atoms with Gasteiger partial charge in [0.05, 0.1) is 12.1 Å². The molecule has 1 aromatic heterocycles. The number of thiazole rings is 1. The van der Waals surface area contributed by atoms with Gasteiger partial charge in [0.1, 0.15) is 5.25 Å². The van der Waals surface area contributed by atoms with Crippen molar-refractivity contribution in [2.45, 2.75) is 35.3 Å². The van der Waals surface area contributed by atoms with E-state index >= 15 is 0 Å². The van der Waals surface area contributed by atoms with E-state index in [1.54, 1.807) is 5.38 Å². The molecule has 7 heteroatoms. The Labute approximate surface area is 155 Å². The largest absolute Gasteiger partial charge is 0.481 e. The van der Waals surface area contributed by atoms with Crippen molar-refractivity contribution < 1.29 is 14.7 Å². The molecule has 0 aliphatic carbocycles. The molecular formula is C18H20N2O3S2. The second kappa shape index (κ2) is 8.49. The first-order valence-corrected chi connectivity index (χ1v) is 10.1. The molecule has 1 fully saturated rings. The summed E-state index contributed by atoms with van der Waals surface area (Å²) < 4.78 is 0.732. The van der Waals surface area contributed by atoms with E-state index in [0.29, 0.717) is 5.69 Å². The molecule has 1 atom stereocenters. The normalized spacial score (nSPS) is 15.8. The van der Waals surface area contributed by atoms with Gasteiger partial charge in [0.15, 0.2) is 4.34 Å². The second-order valence-corrected chi connectivity index (χ2v) is 8.18. The smallest absolute Gasteiger partial charge is 0.309 e.